The highest BCUT2D eigenvalue weighted by molar-refractivity contribution is 6.37. The normalized spacial score (nSPS) is 24.1. The maximum absolute atomic E-state index is 12.2. The summed E-state index contributed by atoms with van der Waals surface area (Å²) >= 11 is 12.0. The summed E-state index contributed by atoms with van der Waals surface area (Å²) in [6.45, 7) is -0.159. The van der Waals surface area contributed by atoms with Crippen molar-refractivity contribution in [1.29, 1.82) is 0 Å². The first kappa shape index (κ1) is 17.9. The highest BCUT2D eigenvalue weighted by Gasteiger charge is 2.30. The first-order valence-electron chi connectivity index (χ1n) is 6.81. The van der Waals surface area contributed by atoms with Gasteiger partial charge in [-0.3, -0.25) is 0 Å². The predicted octanol–water partition coefficient (Wildman–Crippen LogP) is 2.79. The number of esters is 1. The fourth-order valence-electron chi connectivity index (χ4n) is 2.32. The molecule has 2 rings (SSSR count). The number of rotatable bonds is 5. The Hall–Kier alpha value is -1.41. The molecular weight excluding hydrogens is 349 g/mol. The number of carbonyl (C=O) groups is 1. The minimum atomic E-state index is -1.11. The molecule has 0 amide bonds. The van der Waals surface area contributed by atoms with Crippen LogP contribution in [0.5, 0.6) is 5.75 Å². The summed E-state index contributed by atoms with van der Waals surface area (Å²) in [4.78, 5) is 22.8. The molecule has 0 saturated carbocycles. The molecule has 1 aromatic carbocycles. The molecule has 0 aromatic heterocycles. The van der Waals surface area contributed by atoms with Gasteiger partial charge in [0.25, 0.3) is 0 Å². The first-order chi connectivity index (χ1) is 11.0. The number of aliphatic hydroxyl groups excluding tert-OH is 1. The van der Waals surface area contributed by atoms with E-state index in [4.69, 9.17) is 37.4 Å². The molecule has 7 nitrogen and oxygen atoms in total. The van der Waals surface area contributed by atoms with Gasteiger partial charge in [0.2, 0.25) is 0 Å². The second-order valence-electron chi connectivity index (χ2n) is 4.98. The molecular formula is C14H15Cl2NO6. The summed E-state index contributed by atoms with van der Waals surface area (Å²) < 4.78 is 15.4. The third-order valence-corrected chi connectivity index (χ3v) is 3.99. The second kappa shape index (κ2) is 7.92. The summed E-state index contributed by atoms with van der Waals surface area (Å²) in [6.07, 6.45) is -1.36. The maximum atomic E-state index is 12.2. The number of ether oxygens (including phenoxy) is 3. The molecule has 1 aliphatic heterocycles. The number of carbonyl (C=O) groups excluding carboxylic acids is 1. The molecule has 1 saturated heterocycles. The van der Waals surface area contributed by atoms with Gasteiger partial charge >= 0.3 is 5.97 Å². The van der Waals surface area contributed by atoms with Crippen LogP contribution in [0.2, 0.25) is 10.0 Å². The standard InChI is InChI=1S/C14H15Cl2NO6/c1-21-13-10(16)3-2-9(15)12(13)14(19)22-6-8-4-7(17-20)5-11(18)23-8/h2-3,7-8,11,18H,4-6H2,1H3. The van der Waals surface area contributed by atoms with E-state index in [0.717, 1.165) is 0 Å². The van der Waals surface area contributed by atoms with Gasteiger partial charge in [-0.25, -0.2) is 4.79 Å². The maximum Gasteiger partial charge on any atom is 0.343 e. The number of benzene rings is 1. The van der Waals surface area contributed by atoms with Crippen molar-refractivity contribution >= 4 is 29.2 Å². The summed E-state index contributed by atoms with van der Waals surface area (Å²) in [6, 6.07) is 2.38. The van der Waals surface area contributed by atoms with Crippen molar-refractivity contribution in [2.45, 2.75) is 31.3 Å². The Morgan fingerprint density at radius 3 is 2.74 bits per heavy atom. The fourth-order valence-corrected chi connectivity index (χ4v) is 2.78. The van der Waals surface area contributed by atoms with Crippen molar-refractivity contribution in [1.82, 2.24) is 0 Å². The van der Waals surface area contributed by atoms with Crippen LogP contribution in [0, 0.1) is 4.91 Å². The molecule has 1 N–H and O–H groups in total. The van der Waals surface area contributed by atoms with Crippen molar-refractivity contribution in [3.63, 3.8) is 0 Å². The second-order valence-corrected chi connectivity index (χ2v) is 5.79. The lowest BCUT2D eigenvalue weighted by Gasteiger charge is -2.29. The Labute approximate surface area is 142 Å². The third-order valence-electron chi connectivity index (χ3n) is 3.37. The molecule has 1 heterocycles. The van der Waals surface area contributed by atoms with Gasteiger partial charge in [-0.05, 0) is 12.1 Å². The minimum Gasteiger partial charge on any atom is -0.494 e. The molecule has 3 unspecified atom stereocenters. The minimum absolute atomic E-state index is 0.00286. The van der Waals surface area contributed by atoms with Crippen molar-refractivity contribution in [2.24, 2.45) is 5.18 Å². The Bertz CT molecular complexity index is 597. The van der Waals surface area contributed by atoms with Crippen LogP contribution in [0.15, 0.2) is 17.3 Å². The largest absolute Gasteiger partial charge is 0.494 e. The van der Waals surface area contributed by atoms with Crippen LogP contribution >= 0.6 is 23.2 Å². The fraction of sp³-hybridized carbons (Fsp3) is 0.500. The molecule has 1 aromatic rings. The van der Waals surface area contributed by atoms with Crippen molar-refractivity contribution in [3.8, 4) is 5.75 Å². The number of hydrogen-bond acceptors (Lipinski definition) is 7. The lowest BCUT2D eigenvalue weighted by atomic mass is 10.0. The summed E-state index contributed by atoms with van der Waals surface area (Å²) in [7, 11) is 1.36. The van der Waals surface area contributed by atoms with E-state index >= 15 is 0 Å². The van der Waals surface area contributed by atoms with Crippen LogP contribution in [0.1, 0.15) is 23.2 Å². The molecule has 1 aliphatic rings. The van der Waals surface area contributed by atoms with Gasteiger partial charge in [0, 0.05) is 12.8 Å². The van der Waals surface area contributed by atoms with Crippen LogP contribution < -0.4 is 4.74 Å². The van der Waals surface area contributed by atoms with Gasteiger partial charge in [0.1, 0.15) is 12.2 Å². The number of halogens is 2. The Morgan fingerprint density at radius 2 is 2.09 bits per heavy atom. The highest BCUT2D eigenvalue weighted by Crippen LogP contribution is 2.34. The zero-order valence-corrected chi connectivity index (χ0v) is 13.7. The zero-order chi connectivity index (χ0) is 17.0. The zero-order valence-electron chi connectivity index (χ0n) is 12.2. The van der Waals surface area contributed by atoms with Gasteiger partial charge in [-0.1, -0.05) is 28.4 Å². The topological polar surface area (TPSA) is 94.4 Å². The quantitative estimate of drug-likeness (QED) is 0.638. The molecule has 0 spiro atoms. The molecule has 3 atom stereocenters. The molecule has 1 fully saturated rings. The lowest BCUT2D eigenvalue weighted by molar-refractivity contribution is -0.176. The predicted molar refractivity (Wildman–Crippen MR) is 83.0 cm³/mol. The van der Waals surface area contributed by atoms with Gasteiger partial charge in [0.15, 0.2) is 12.0 Å². The summed E-state index contributed by atoms with van der Waals surface area (Å²) in [5.41, 5.74) is 0.00286. The number of hydrogen-bond donors (Lipinski definition) is 1. The number of aliphatic hydroxyl groups is 1. The van der Waals surface area contributed by atoms with E-state index < -0.39 is 24.4 Å². The first-order valence-corrected chi connectivity index (χ1v) is 7.57. The summed E-state index contributed by atoms with van der Waals surface area (Å²) in [5.74, 6) is -0.630. The Kier molecular flexibility index (Phi) is 6.17. The Balaban J connectivity index is 2.05. The third kappa shape index (κ3) is 4.32. The van der Waals surface area contributed by atoms with Crippen LogP contribution in [0.25, 0.3) is 0 Å². The van der Waals surface area contributed by atoms with E-state index in [-0.39, 0.29) is 40.8 Å². The monoisotopic (exact) mass is 363 g/mol. The van der Waals surface area contributed by atoms with Gasteiger partial charge < -0.3 is 19.3 Å². The highest BCUT2D eigenvalue weighted by atomic mass is 35.5. The van der Waals surface area contributed by atoms with Crippen LogP contribution in [0.4, 0.5) is 0 Å². The number of nitrogens with zero attached hydrogens (tertiary/aromatic N) is 1. The van der Waals surface area contributed by atoms with E-state index in [1.54, 1.807) is 0 Å². The number of nitroso groups, excluding NO2 is 1. The van der Waals surface area contributed by atoms with Crippen molar-refractivity contribution in [2.75, 3.05) is 13.7 Å². The Morgan fingerprint density at radius 1 is 1.39 bits per heavy atom. The number of methoxy groups -OCH3 is 1. The van der Waals surface area contributed by atoms with Crippen LogP contribution in [-0.2, 0) is 9.47 Å². The molecule has 23 heavy (non-hydrogen) atoms. The van der Waals surface area contributed by atoms with E-state index in [2.05, 4.69) is 5.18 Å². The van der Waals surface area contributed by atoms with E-state index in [9.17, 15) is 14.8 Å². The van der Waals surface area contributed by atoms with E-state index in [1.165, 1.54) is 19.2 Å². The molecule has 9 heteroatoms. The lowest BCUT2D eigenvalue weighted by Crippen LogP contribution is -2.37. The summed E-state index contributed by atoms with van der Waals surface area (Å²) in [5, 5.41) is 12.8. The molecule has 0 radical (unpaired) electrons. The molecule has 0 aliphatic carbocycles. The molecule has 126 valence electrons. The molecule has 0 bridgehead atoms. The average molecular weight is 364 g/mol. The van der Waals surface area contributed by atoms with Crippen LogP contribution in [0.3, 0.4) is 0 Å². The smallest absolute Gasteiger partial charge is 0.343 e. The average Bonchev–Trinajstić information content (AvgIpc) is 2.53. The van der Waals surface area contributed by atoms with Crippen molar-refractivity contribution < 1.29 is 24.1 Å². The van der Waals surface area contributed by atoms with Gasteiger partial charge in [-0.15, -0.1) is 0 Å². The van der Waals surface area contributed by atoms with Crippen molar-refractivity contribution in [3.05, 3.63) is 32.6 Å². The van der Waals surface area contributed by atoms with E-state index in [0.29, 0.717) is 0 Å². The van der Waals surface area contributed by atoms with Crippen LogP contribution in [-0.4, -0.2) is 43.2 Å². The van der Waals surface area contributed by atoms with E-state index in [1.807, 2.05) is 0 Å². The van der Waals surface area contributed by atoms with Gasteiger partial charge in [-0.2, -0.15) is 4.91 Å². The van der Waals surface area contributed by atoms with Gasteiger partial charge in [0.05, 0.1) is 29.3 Å². The SMILES string of the molecule is COc1c(Cl)ccc(Cl)c1C(=O)OCC1CC(N=O)CC(O)O1.